The summed E-state index contributed by atoms with van der Waals surface area (Å²) >= 11 is 0. The maximum absolute atomic E-state index is 12.7. The summed E-state index contributed by atoms with van der Waals surface area (Å²) in [6.45, 7) is 11.9. The molecule has 3 atom stereocenters. The summed E-state index contributed by atoms with van der Waals surface area (Å²) in [6.07, 6.45) is 4.64. The van der Waals surface area contributed by atoms with Crippen LogP contribution in [0.5, 0.6) is 11.8 Å². The molecule has 3 aromatic rings. The van der Waals surface area contributed by atoms with Crippen LogP contribution in [0.4, 0.5) is 5.82 Å². The number of ether oxygens (including phenoxy) is 1. The second-order valence-corrected chi connectivity index (χ2v) is 13.4. The van der Waals surface area contributed by atoms with E-state index in [-0.39, 0.29) is 30.2 Å². The summed E-state index contributed by atoms with van der Waals surface area (Å²) < 4.78 is 6.36. The second kappa shape index (κ2) is 11.3. The van der Waals surface area contributed by atoms with Crippen molar-refractivity contribution < 1.29 is 14.6 Å². The van der Waals surface area contributed by atoms with Crippen LogP contribution in [0.2, 0.25) is 0 Å². The highest BCUT2D eigenvalue weighted by atomic mass is 16.5. The number of amides is 1. The summed E-state index contributed by atoms with van der Waals surface area (Å²) in [5, 5.41) is 22.6. The monoisotopic (exact) mass is 607 g/mol. The Labute approximate surface area is 264 Å². The van der Waals surface area contributed by atoms with Gasteiger partial charge in [-0.2, -0.15) is 15.2 Å². The SMILES string of the molecule is C=CC(=O)N1CCN(c2nc(OC[C@@H]3CCCN3C)nc3c2CN(C2Cc4cccc5cc(O)cc2c45)C3(C)C)C[C@@H]1CC#N. The largest absolute Gasteiger partial charge is 0.508 e. The maximum Gasteiger partial charge on any atom is 0.318 e. The number of hydrogen-bond acceptors (Lipinski definition) is 9. The van der Waals surface area contributed by atoms with Crippen molar-refractivity contribution in [1.29, 1.82) is 5.26 Å². The predicted octanol–water partition coefficient (Wildman–Crippen LogP) is 4.27. The number of aromatic hydroxyl groups is 1. The molecule has 0 saturated carbocycles. The number of nitriles is 1. The zero-order valence-corrected chi connectivity index (χ0v) is 26.4. The van der Waals surface area contributed by atoms with Crippen LogP contribution in [-0.4, -0.2) is 87.6 Å². The van der Waals surface area contributed by atoms with Gasteiger partial charge in [0.15, 0.2) is 0 Å². The van der Waals surface area contributed by atoms with Crippen LogP contribution >= 0.6 is 0 Å². The number of likely N-dealkylation sites (tertiary alicyclic amines) is 1. The number of benzene rings is 2. The van der Waals surface area contributed by atoms with Crippen molar-refractivity contribution in [2.75, 3.05) is 44.7 Å². The Morgan fingerprint density at radius 3 is 2.82 bits per heavy atom. The Morgan fingerprint density at radius 1 is 1.22 bits per heavy atom. The Balaban J connectivity index is 1.27. The summed E-state index contributed by atoms with van der Waals surface area (Å²) in [5.41, 5.74) is 3.97. The molecule has 1 unspecified atom stereocenters. The van der Waals surface area contributed by atoms with E-state index in [9.17, 15) is 15.2 Å². The molecule has 10 nitrogen and oxygen atoms in total. The number of phenolic OH excluding ortho intramolecular Hbond substituents is 1. The number of anilines is 1. The molecule has 45 heavy (non-hydrogen) atoms. The van der Waals surface area contributed by atoms with Crippen LogP contribution in [0.15, 0.2) is 43.0 Å². The Hall–Kier alpha value is -4.20. The fraction of sp³-hybridized carbons (Fsp3) is 0.486. The highest BCUT2D eigenvalue weighted by Crippen LogP contribution is 2.51. The summed E-state index contributed by atoms with van der Waals surface area (Å²) in [4.78, 5) is 31.6. The van der Waals surface area contributed by atoms with E-state index in [1.807, 2.05) is 12.1 Å². The van der Waals surface area contributed by atoms with Crippen molar-refractivity contribution in [3.8, 4) is 17.8 Å². The molecule has 3 aliphatic heterocycles. The molecule has 1 aromatic heterocycles. The average molecular weight is 608 g/mol. The van der Waals surface area contributed by atoms with E-state index < -0.39 is 5.54 Å². The molecule has 0 radical (unpaired) electrons. The van der Waals surface area contributed by atoms with E-state index in [1.165, 1.54) is 17.0 Å². The number of carbonyl (C=O) groups excluding carboxylic acids is 1. The molecule has 4 heterocycles. The van der Waals surface area contributed by atoms with Gasteiger partial charge in [0, 0.05) is 43.8 Å². The molecule has 234 valence electrons. The van der Waals surface area contributed by atoms with E-state index in [1.54, 1.807) is 4.90 Å². The van der Waals surface area contributed by atoms with Gasteiger partial charge < -0.3 is 24.5 Å². The van der Waals surface area contributed by atoms with Crippen molar-refractivity contribution in [3.05, 3.63) is 65.4 Å². The fourth-order valence-corrected chi connectivity index (χ4v) is 8.08. The molecule has 10 heteroatoms. The number of piperazine rings is 1. The predicted molar refractivity (Wildman–Crippen MR) is 172 cm³/mol. The first kappa shape index (κ1) is 29.5. The minimum Gasteiger partial charge on any atom is -0.508 e. The van der Waals surface area contributed by atoms with E-state index in [4.69, 9.17) is 14.7 Å². The Morgan fingerprint density at radius 2 is 2.07 bits per heavy atom. The van der Waals surface area contributed by atoms with Crippen LogP contribution in [0.1, 0.15) is 61.5 Å². The van der Waals surface area contributed by atoms with Gasteiger partial charge >= 0.3 is 6.01 Å². The number of hydrogen-bond donors (Lipinski definition) is 1. The lowest BCUT2D eigenvalue weighted by atomic mass is 9.96. The number of carbonyl (C=O) groups is 1. The first-order valence-corrected chi connectivity index (χ1v) is 16.0. The normalized spacial score (nSPS) is 24.2. The average Bonchev–Trinajstić information content (AvgIpc) is 3.69. The van der Waals surface area contributed by atoms with Crippen LogP contribution in [0.25, 0.3) is 10.8 Å². The minimum atomic E-state index is -0.452. The van der Waals surface area contributed by atoms with Crippen molar-refractivity contribution in [2.24, 2.45) is 0 Å². The van der Waals surface area contributed by atoms with Gasteiger partial charge in [-0.25, -0.2) is 0 Å². The minimum absolute atomic E-state index is 0.0546. The van der Waals surface area contributed by atoms with Crippen molar-refractivity contribution >= 4 is 22.5 Å². The molecule has 2 saturated heterocycles. The lowest BCUT2D eigenvalue weighted by Crippen LogP contribution is -2.55. The molecule has 0 bridgehead atoms. The summed E-state index contributed by atoms with van der Waals surface area (Å²) in [5.74, 6) is 0.938. The smallest absolute Gasteiger partial charge is 0.318 e. The summed E-state index contributed by atoms with van der Waals surface area (Å²) in [7, 11) is 2.13. The van der Waals surface area contributed by atoms with E-state index >= 15 is 0 Å². The number of fused-ring (bicyclic) bond motifs is 1. The van der Waals surface area contributed by atoms with E-state index in [2.05, 4.69) is 66.4 Å². The third kappa shape index (κ3) is 4.99. The van der Waals surface area contributed by atoms with Gasteiger partial charge in [0.1, 0.15) is 18.2 Å². The van der Waals surface area contributed by atoms with Crippen molar-refractivity contribution in [3.63, 3.8) is 0 Å². The fourth-order valence-electron chi connectivity index (χ4n) is 8.08. The lowest BCUT2D eigenvalue weighted by Gasteiger charge is -2.41. The molecule has 7 rings (SSSR count). The molecular formula is C35H41N7O3. The van der Waals surface area contributed by atoms with Gasteiger partial charge in [0.25, 0.3) is 0 Å². The summed E-state index contributed by atoms with van der Waals surface area (Å²) in [6, 6.07) is 12.8. The van der Waals surface area contributed by atoms with Crippen molar-refractivity contribution in [1.82, 2.24) is 24.7 Å². The first-order valence-electron chi connectivity index (χ1n) is 16.0. The molecule has 4 aliphatic rings. The standard InChI is InChI=1S/C35H41N7O3/c1-5-30(44)41-15-14-40(19-24(41)11-12-36)33-28-20-42(29-17-23-9-6-8-22-16-26(43)18-27(29)31(22)23)35(2,3)32(28)37-34(38-33)45-21-25-10-7-13-39(25)4/h5-6,8-9,16,18,24-25,29,43H,1,7,10-11,13-15,17,19-21H2,2-4H3/t24-,25-,29?/m0/s1. The van der Waals surface area contributed by atoms with Crippen LogP contribution in [0, 0.1) is 11.3 Å². The maximum atomic E-state index is 12.7. The van der Waals surface area contributed by atoms with Gasteiger partial charge in [-0.15, -0.1) is 0 Å². The number of rotatable bonds is 7. The molecule has 0 spiro atoms. The number of aromatic nitrogens is 2. The van der Waals surface area contributed by atoms with E-state index in [0.29, 0.717) is 44.8 Å². The highest BCUT2D eigenvalue weighted by molar-refractivity contribution is 5.92. The Bertz CT molecular complexity index is 1720. The van der Waals surface area contributed by atoms with Gasteiger partial charge in [-0.1, -0.05) is 24.8 Å². The number of likely N-dealkylation sites (N-methyl/N-ethyl adjacent to an activating group) is 1. The first-order chi connectivity index (χ1) is 21.7. The van der Waals surface area contributed by atoms with Crippen LogP contribution in [0.3, 0.4) is 0 Å². The highest BCUT2D eigenvalue weighted by Gasteiger charge is 2.47. The zero-order valence-electron chi connectivity index (χ0n) is 26.4. The van der Waals surface area contributed by atoms with Gasteiger partial charge in [-0.05, 0) is 86.8 Å². The van der Waals surface area contributed by atoms with Gasteiger partial charge in [0.05, 0.1) is 29.8 Å². The van der Waals surface area contributed by atoms with Crippen LogP contribution < -0.4 is 9.64 Å². The second-order valence-electron chi connectivity index (χ2n) is 13.4. The molecule has 2 aromatic carbocycles. The molecule has 1 aliphatic carbocycles. The van der Waals surface area contributed by atoms with Gasteiger partial charge in [0.2, 0.25) is 5.91 Å². The quantitative estimate of drug-likeness (QED) is 0.394. The third-order valence-corrected chi connectivity index (χ3v) is 10.5. The molecular weight excluding hydrogens is 566 g/mol. The third-order valence-electron chi connectivity index (χ3n) is 10.5. The van der Waals surface area contributed by atoms with E-state index in [0.717, 1.165) is 53.8 Å². The number of nitrogens with zero attached hydrogens (tertiary/aromatic N) is 7. The van der Waals surface area contributed by atoms with Crippen molar-refractivity contribution in [2.45, 2.75) is 69.7 Å². The van der Waals surface area contributed by atoms with Crippen LogP contribution in [-0.2, 0) is 23.3 Å². The number of phenols is 1. The zero-order chi connectivity index (χ0) is 31.5. The van der Waals surface area contributed by atoms with Gasteiger partial charge in [-0.3, -0.25) is 9.69 Å². The molecule has 1 amide bonds. The Kier molecular flexibility index (Phi) is 7.41. The lowest BCUT2D eigenvalue weighted by molar-refractivity contribution is -0.128. The molecule has 2 fully saturated rings. The molecule has 1 N–H and O–H groups in total. The topological polar surface area (TPSA) is 109 Å².